The second-order valence-electron chi connectivity index (χ2n) is 7.35. The van der Waals surface area contributed by atoms with Crippen LogP contribution in [0, 0.1) is 6.92 Å². The number of thioether (sulfide) groups is 1. The molecule has 0 spiro atoms. The molecule has 0 bridgehead atoms. The number of hydrogen-bond acceptors (Lipinski definition) is 6. The van der Waals surface area contributed by atoms with Crippen LogP contribution in [-0.2, 0) is 0 Å². The van der Waals surface area contributed by atoms with Crippen LogP contribution in [0.15, 0.2) is 64.2 Å². The van der Waals surface area contributed by atoms with E-state index in [2.05, 4.69) is 22.3 Å². The van der Waals surface area contributed by atoms with Gasteiger partial charge in [-0.05, 0) is 51.0 Å². The van der Waals surface area contributed by atoms with Crippen molar-refractivity contribution in [2.45, 2.75) is 43.0 Å². The molecule has 0 radical (unpaired) electrons. The van der Waals surface area contributed by atoms with Gasteiger partial charge in [0.05, 0.1) is 10.9 Å². The Hall–Kier alpha value is -2.93. The molecule has 2 heterocycles. The van der Waals surface area contributed by atoms with Crippen molar-refractivity contribution < 1.29 is 4.42 Å². The fourth-order valence-corrected chi connectivity index (χ4v) is 4.01. The Morgan fingerprint density at radius 2 is 1.90 bits per heavy atom. The van der Waals surface area contributed by atoms with Crippen LogP contribution in [-0.4, -0.2) is 25.0 Å². The Labute approximate surface area is 173 Å². The van der Waals surface area contributed by atoms with E-state index in [0.29, 0.717) is 17.7 Å². The Bertz CT molecular complexity index is 1130. The lowest BCUT2D eigenvalue weighted by molar-refractivity contribution is 0.509. The predicted octanol–water partition coefficient (Wildman–Crippen LogP) is 5.36. The maximum Gasteiger partial charge on any atom is 0.247 e. The molecule has 6 nitrogen and oxygen atoms in total. The first-order valence-corrected chi connectivity index (χ1v) is 10.6. The van der Waals surface area contributed by atoms with E-state index in [1.54, 1.807) is 11.8 Å². The topological polar surface area (TPSA) is 69.6 Å². The molecule has 2 aromatic carbocycles. The summed E-state index contributed by atoms with van der Waals surface area (Å²) in [6, 6.07) is 18.2. The van der Waals surface area contributed by atoms with Crippen LogP contribution in [0.3, 0.4) is 0 Å². The van der Waals surface area contributed by atoms with Crippen molar-refractivity contribution in [3.63, 3.8) is 0 Å². The minimum atomic E-state index is -0.0419. The highest BCUT2D eigenvalue weighted by Gasteiger charge is 2.31. The fraction of sp³-hybridized carbons (Fsp3) is 0.273. The summed E-state index contributed by atoms with van der Waals surface area (Å²) in [6.07, 6.45) is 2.35. The van der Waals surface area contributed by atoms with Crippen LogP contribution in [0.2, 0.25) is 0 Å². The standard InChI is InChI=1S/C22H21N5OS/c1-14-7-6-8-17(13-14)21-25-24-20(28-21)15(2)29-22-23-19(16-11-12-16)27(26-22)18-9-4-3-5-10-18/h3-10,13,15-16H,11-12H2,1-2H3. The van der Waals surface area contributed by atoms with Crippen molar-refractivity contribution in [1.82, 2.24) is 25.0 Å². The third kappa shape index (κ3) is 3.82. The first-order valence-electron chi connectivity index (χ1n) is 9.77. The van der Waals surface area contributed by atoms with Crippen molar-refractivity contribution in [3.05, 3.63) is 71.9 Å². The smallest absolute Gasteiger partial charge is 0.247 e. The quantitative estimate of drug-likeness (QED) is 0.404. The lowest BCUT2D eigenvalue weighted by Crippen LogP contribution is -2.01. The Morgan fingerprint density at radius 3 is 2.66 bits per heavy atom. The summed E-state index contributed by atoms with van der Waals surface area (Å²) in [4.78, 5) is 4.82. The number of para-hydroxylation sites is 1. The van der Waals surface area contributed by atoms with Gasteiger partial charge in [0.1, 0.15) is 5.82 Å². The van der Waals surface area contributed by atoms with E-state index in [0.717, 1.165) is 27.8 Å². The highest BCUT2D eigenvalue weighted by Crippen LogP contribution is 2.41. The number of aromatic nitrogens is 5. The summed E-state index contributed by atoms with van der Waals surface area (Å²) < 4.78 is 7.91. The normalized spacial score (nSPS) is 14.8. The molecule has 1 aliphatic carbocycles. The molecule has 7 heteroatoms. The molecule has 1 unspecified atom stereocenters. The summed E-state index contributed by atoms with van der Waals surface area (Å²) in [5, 5.41) is 13.9. The van der Waals surface area contributed by atoms with E-state index in [4.69, 9.17) is 14.5 Å². The third-order valence-corrected chi connectivity index (χ3v) is 5.83. The SMILES string of the molecule is Cc1cccc(-c2nnc(C(C)Sc3nc(C4CC4)n(-c4ccccc4)n3)o2)c1. The van der Waals surface area contributed by atoms with Gasteiger partial charge in [0, 0.05) is 11.5 Å². The van der Waals surface area contributed by atoms with E-state index >= 15 is 0 Å². The first kappa shape index (κ1) is 18.1. The van der Waals surface area contributed by atoms with Crippen LogP contribution in [0.25, 0.3) is 17.1 Å². The van der Waals surface area contributed by atoms with E-state index in [9.17, 15) is 0 Å². The van der Waals surface area contributed by atoms with Gasteiger partial charge in [0.2, 0.25) is 16.9 Å². The zero-order chi connectivity index (χ0) is 19.8. The molecule has 0 N–H and O–H groups in total. The number of nitrogens with zero attached hydrogens (tertiary/aromatic N) is 5. The van der Waals surface area contributed by atoms with Crippen molar-refractivity contribution in [1.29, 1.82) is 0 Å². The van der Waals surface area contributed by atoms with Gasteiger partial charge >= 0.3 is 0 Å². The molecule has 1 saturated carbocycles. The molecule has 29 heavy (non-hydrogen) atoms. The molecule has 0 aliphatic heterocycles. The molecular weight excluding hydrogens is 382 g/mol. The monoisotopic (exact) mass is 403 g/mol. The van der Waals surface area contributed by atoms with Crippen LogP contribution >= 0.6 is 11.8 Å². The van der Waals surface area contributed by atoms with Crippen molar-refractivity contribution in [2.75, 3.05) is 0 Å². The van der Waals surface area contributed by atoms with Gasteiger partial charge in [-0.3, -0.25) is 0 Å². The van der Waals surface area contributed by atoms with E-state index in [1.807, 2.05) is 61.0 Å². The molecule has 146 valence electrons. The molecule has 1 atom stereocenters. The number of aryl methyl sites for hydroxylation is 1. The number of rotatable bonds is 6. The van der Waals surface area contributed by atoms with Crippen molar-refractivity contribution in [2.24, 2.45) is 0 Å². The maximum atomic E-state index is 5.93. The van der Waals surface area contributed by atoms with E-state index in [-0.39, 0.29) is 5.25 Å². The first-order chi connectivity index (χ1) is 14.2. The molecule has 0 saturated heterocycles. The zero-order valence-electron chi connectivity index (χ0n) is 16.3. The predicted molar refractivity (Wildman–Crippen MR) is 112 cm³/mol. The van der Waals surface area contributed by atoms with Crippen LogP contribution < -0.4 is 0 Å². The Morgan fingerprint density at radius 1 is 1.07 bits per heavy atom. The van der Waals surface area contributed by atoms with Gasteiger partial charge in [-0.1, -0.05) is 47.7 Å². The highest BCUT2D eigenvalue weighted by atomic mass is 32.2. The molecule has 5 rings (SSSR count). The van der Waals surface area contributed by atoms with Gasteiger partial charge in [0.15, 0.2) is 0 Å². The van der Waals surface area contributed by atoms with Crippen LogP contribution in [0.1, 0.15) is 48.2 Å². The molecular formula is C22H21N5OS. The average molecular weight is 404 g/mol. The van der Waals surface area contributed by atoms with E-state index in [1.165, 1.54) is 12.8 Å². The van der Waals surface area contributed by atoms with Gasteiger partial charge in [-0.2, -0.15) is 0 Å². The lowest BCUT2D eigenvalue weighted by atomic mass is 10.1. The lowest BCUT2D eigenvalue weighted by Gasteiger charge is -2.04. The number of hydrogen-bond donors (Lipinski definition) is 0. The van der Waals surface area contributed by atoms with Crippen LogP contribution in [0.4, 0.5) is 0 Å². The van der Waals surface area contributed by atoms with Gasteiger partial charge in [-0.25, -0.2) is 9.67 Å². The van der Waals surface area contributed by atoms with Gasteiger partial charge < -0.3 is 4.42 Å². The summed E-state index contributed by atoms with van der Waals surface area (Å²) in [5.74, 6) is 2.66. The summed E-state index contributed by atoms with van der Waals surface area (Å²) in [7, 11) is 0. The van der Waals surface area contributed by atoms with Crippen molar-refractivity contribution >= 4 is 11.8 Å². The molecule has 0 amide bonds. The third-order valence-electron chi connectivity index (χ3n) is 4.89. The largest absolute Gasteiger partial charge is 0.419 e. The maximum absolute atomic E-state index is 5.93. The van der Waals surface area contributed by atoms with Gasteiger partial charge in [-0.15, -0.1) is 15.3 Å². The van der Waals surface area contributed by atoms with Crippen molar-refractivity contribution in [3.8, 4) is 17.1 Å². The molecule has 2 aromatic heterocycles. The Balaban J connectivity index is 1.38. The fourth-order valence-electron chi connectivity index (χ4n) is 3.22. The van der Waals surface area contributed by atoms with Gasteiger partial charge in [0.25, 0.3) is 0 Å². The minimum Gasteiger partial charge on any atom is -0.419 e. The Kier molecular flexibility index (Phi) is 4.67. The second kappa shape index (κ2) is 7.48. The summed E-state index contributed by atoms with van der Waals surface area (Å²) in [6.45, 7) is 4.09. The summed E-state index contributed by atoms with van der Waals surface area (Å²) in [5.41, 5.74) is 3.14. The molecule has 4 aromatic rings. The molecule has 1 aliphatic rings. The average Bonchev–Trinajstić information content (AvgIpc) is 3.30. The second-order valence-corrected chi connectivity index (χ2v) is 8.66. The molecule has 1 fully saturated rings. The number of benzene rings is 2. The zero-order valence-corrected chi connectivity index (χ0v) is 17.1. The van der Waals surface area contributed by atoms with Crippen LogP contribution in [0.5, 0.6) is 0 Å². The minimum absolute atomic E-state index is 0.0419. The summed E-state index contributed by atoms with van der Waals surface area (Å²) >= 11 is 1.54. The highest BCUT2D eigenvalue weighted by molar-refractivity contribution is 7.99. The van der Waals surface area contributed by atoms with E-state index < -0.39 is 0 Å².